The third kappa shape index (κ3) is 1.74. The summed E-state index contributed by atoms with van der Waals surface area (Å²) >= 11 is 0. The highest BCUT2D eigenvalue weighted by molar-refractivity contribution is 5.22. The first kappa shape index (κ1) is 8.73. The van der Waals surface area contributed by atoms with E-state index in [1.807, 2.05) is 6.07 Å². The lowest BCUT2D eigenvalue weighted by molar-refractivity contribution is -0.0572. The van der Waals surface area contributed by atoms with Crippen LogP contribution in [-0.4, -0.2) is 19.7 Å². The molecule has 2 rings (SSSR count). The van der Waals surface area contributed by atoms with Gasteiger partial charge in [-0.15, -0.1) is 0 Å². The van der Waals surface area contributed by atoms with Gasteiger partial charge in [-0.25, -0.2) is 0 Å². The van der Waals surface area contributed by atoms with E-state index in [1.165, 1.54) is 5.56 Å². The van der Waals surface area contributed by atoms with Gasteiger partial charge >= 0.3 is 0 Å². The summed E-state index contributed by atoms with van der Waals surface area (Å²) in [6.07, 6.45) is 0. The van der Waals surface area contributed by atoms with Crippen LogP contribution in [0.4, 0.5) is 0 Å². The average molecular weight is 177 g/mol. The van der Waals surface area contributed by atoms with Crippen LogP contribution < -0.4 is 5.32 Å². The minimum atomic E-state index is -0.139. The van der Waals surface area contributed by atoms with Crippen molar-refractivity contribution in [3.05, 3.63) is 35.9 Å². The molecule has 0 saturated carbocycles. The van der Waals surface area contributed by atoms with Gasteiger partial charge in [0.15, 0.2) is 0 Å². The molecule has 1 heterocycles. The summed E-state index contributed by atoms with van der Waals surface area (Å²) in [5.74, 6) is 0. The molecule has 0 amide bonds. The SMILES string of the molecule is C[C@@]1(c2ccccc2)CNCCO1. The maximum absolute atomic E-state index is 5.79. The Morgan fingerprint density at radius 1 is 1.31 bits per heavy atom. The van der Waals surface area contributed by atoms with Gasteiger partial charge in [0.25, 0.3) is 0 Å². The van der Waals surface area contributed by atoms with E-state index >= 15 is 0 Å². The molecule has 2 heteroatoms. The van der Waals surface area contributed by atoms with Crippen molar-refractivity contribution in [2.75, 3.05) is 19.7 Å². The molecule has 70 valence electrons. The van der Waals surface area contributed by atoms with Crippen LogP contribution in [0.15, 0.2) is 30.3 Å². The molecule has 1 aliphatic rings. The Labute approximate surface area is 78.9 Å². The molecular formula is C11H15NO. The second-order valence-corrected chi connectivity index (χ2v) is 3.62. The number of nitrogens with one attached hydrogen (secondary N) is 1. The lowest BCUT2D eigenvalue weighted by Crippen LogP contribution is -2.45. The van der Waals surface area contributed by atoms with Crippen LogP contribution >= 0.6 is 0 Å². The minimum absolute atomic E-state index is 0.139. The van der Waals surface area contributed by atoms with E-state index in [-0.39, 0.29) is 5.60 Å². The number of morpholine rings is 1. The molecule has 1 aromatic carbocycles. The van der Waals surface area contributed by atoms with Crippen LogP contribution in [0.1, 0.15) is 12.5 Å². The molecule has 1 aromatic rings. The van der Waals surface area contributed by atoms with Crippen LogP contribution in [0.3, 0.4) is 0 Å². The number of benzene rings is 1. The van der Waals surface area contributed by atoms with E-state index in [0.29, 0.717) is 0 Å². The number of hydrogen-bond acceptors (Lipinski definition) is 2. The Hall–Kier alpha value is -0.860. The molecule has 0 radical (unpaired) electrons. The molecule has 0 bridgehead atoms. The van der Waals surface area contributed by atoms with Gasteiger partial charge < -0.3 is 10.1 Å². The Morgan fingerprint density at radius 3 is 2.69 bits per heavy atom. The van der Waals surface area contributed by atoms with Gasteiger partial charge in [-0.05, 0) is 12.5 Å². The van der Waals surface area contributed by atoms with E-state index in [9.17, 15) is 0 Å². The summed E-state index contributed by atoms with van der Waals surface area (Å²) < 4.78 is 5.79. The predicted octanol–water partition coefficient (Wildman–Crippen LogP) is 1.52. The van der Waals surface area contributed by atoms with Crippen molar-refractivity contribution in [1.82, 2.24) is 5.32 Å². The first-order valence-corrected chi connectivity index (χ1v) is 4.71. The second-order valence-electron chi connectivity index (χ2n) is 3.62. The molecule has 1 N–H and O–H groups in total. The quantitative estimate of drug-likeness (QED) is 0.702. The fraction of sp³-hybridized carbons (Fsp3) is 0.455. The van der Waals surface area contributed by atoms with Gasteiger partial charge in [0.2, 0.25) is 0 Å². The second kappa shape index (κ2) is 3.48. The highest BCUT2D eigenvalue weighted by Crippen LogP contribution is 2.25. The molecule has 0 spiro atoms. The summed E-state index contributed by atoms with van der Waals surface area (Å²) in [7, 11) is 0. The Balaban J connectivity index is 2.23. The van der Waals surface area contributed by atoms with E-state index in [1.54, 1.807) is 0 Å². The molecular weight excluding hydrogens is 162 g/mol. The van der Waals surface area contributed by atoms with Gasteiger partial charge in [0.1, 0.15) is 5.60 Å². The lowest BCUT2D eigenvalue weighted by atomic mass is 9.95. The number of ether oxygens (including phenoxy) is 1. The highest BCUT2D eigenvalue weighted by atomic mass is 16.5. The zero-order valence-electron chi connectivity index (χ0n) is 7.92. The maximum atomic E-state index is 5.79. The Kier molecular flexibility index (Phi) is 2.34. The summed E-state index contributed by atoms with van der Waals surface area (Å²) in [5.41, 5.74) is 1.11. The molecule has 0 aromatic heterocycles. The van der Waals surface area contributed by atoms with Crippen LogP contribution in [0.25, 0.3) is 0 Å². The van der Waals surface area contributed by atoms with Crippen LogP contribution in [0, 0.1) is 0 Å². The summed E-state index contributed by atoms with van der Waals surface area (Å²) in [4.78, 5) is 0. The minimum Gasteiger partial charge on any atom is -0.368 e. The van der Waals surface area contributed by atoms with Crippen molar-refractivity contribution in [3.63, 3.8) is 0 Å². The molecule has 1 aliphatic heterocycles. The van der Waals surface area contributed by atoms with Crippen molar-refractivity contribution in [2.45, 2.75) is 12.5 Å². The topological polar surface area (TPSA) is 21.3 Å². The molecule has 1 fully saturated rings. The molecule has 2 nitrogen and oxygen atoms in total. The van der Waals surface area contributed by atoms with Gasteiger partial charge in [0, 0.05) is 13.1 Å². The van der Waals surface area contributed by atoms with E-state index in [2.05, 4.69) is 36.5 Å². The number of rotatable bonds is 1. The van der Waals surface area contributed by atoms with Gasteiger partial charge in [-0.1, -0.05) is 30.3 Å². The first-order chi connectivity index (χ1) is 6.31. The fourth-order valence-electron chi connectivity index (χ4n) is 1.70. The predicted molar refractivity (Wildman–Crippen MR) is 52.6 cm³/mol. The molecule has 0 aliphatic carbocycles. The van der Waals surface area contributed by atoms with Crippen molar-refractivity contribution in [1.29, 1.82) is 0 Å². The smallest absolute Gasteiger partial charge is 0.103 e. The first-order valence-electron chi connectivity index (χ1n) is 4.71. The third-order valence-electron chi connectivity index (χ3n) is 2.55. The summed E-state index contributed by atoms with van der Waals surface area (Å²) in [5, 5.41) is 3.35. The lowest BCUT2D eigenvalue weighted by Gasteiger charge is -2.34. The van der Waals surface area contributed by atoms with Crippen LogP contribution in [-0.2, 0) is 10.3 Å². The normalized spacial score (nSPS) is 28.7. The van der Waals surface area contributed by atoms with E-state index in [4.69, 9.17) is 4.74 Å². The molecule has 1 atom stereocenters. The molecule has 1 saturated heterocycles. The summed E-state index contributed by atoms with van der Waals surface area (Å²) in [6, 6.07) is 10.4. The molecule has 0 unspecified atom stereocenters. The third-order valence-corrected chi connectivity index (χ3v) is 2.55. The van der Waals surface area contributed by atoms with Crippen molar-refractivity contribution in [3.8, 4) is 0 Å². The Bertz CT molecular complexity index is 265. The summed E-state index contributed by atoms with van der Waals surface area (Å²) in [6.45, 7) is 4.79. The van der Waals surface area contributed by atoms with Crippen molar-refractivity contribution < 1.29 is 4.74 Å². The van der Waals surface area contributed by atoms with Gasteiger partial charge in [0.05, 0.1) is 6.61 Å². The van der Waals surface area contributed by atoms with E-state index < -0.39 is 0 Å². The van der Waals surface area contributed by atoms with Crippen LogP contribution in [0.2, 0.25) is 0 Å². The zero-order valence-corrected chi connectivity index (χ0v) is 7.92. The largest absolute Gasteiger partial charge is 0.368 e. The van der Waals surface area contributed by atoms with Gasteiger partial charge in [-0.2, -0.15) is 0 Å². The highest BCUT2D eigenvalue weighted by Gasteiger charge is 2.29. The zero-order chi connectivity index (χ0) is 9.15. The molecule has 13 heavy (non-hydrogen) atoms. The number of hydrogen-bond donors (Lipinski definition) is 1. The monoisotopic (exact) mass is 177 g/mol. The fourth-order valence-corrected chi connectivity index (χ4v) is 1.70. The average Bonchev–Trinajstić information content (AvgIpc) is 2.20. The standard InChI is InChI=1S/C11H15NO/c1-11(9-12-7-8-13-11)10-5-3-2-4-6-10/h2-6,12H,7-9H2,1H3/t11-/m0/s1. The van der Waals surface area contributed by atoms with Gasteiger partial charge in [-0.3, -0.25) is 0 Å². The Morgan fingerprint density at radius 2 is 2.08 bits per heavy atom. The van der Waals surface area contributed by atoms with E-state index in [0.717, 1.165) is 19.7 Å². The van der Waals surface area contributed by atoms with Crippen molar-refractivity contribution >= 4 is 0 Å². The maximum Gasteiger partial charge on any atom is 0.103 e. The van der Waals surface area contributed by atoms with Crippen LogP contribution in [0.5, 0.6) is 0 Å². The van der Waals surface area contributed by atoms with Crippen molar-refractivity contribution in [2.24, 2.45) is 0 Å².